The summed E-state index contributed by atoms with van der Waals surface area (Å²) < 4.78 is 0. The molecule has 0 bridgehead atoms. The number of fused-ring (bicyclic) bond motifs is 1. The van der Waals surface area contributed by atoms with Gasteiger partial charge in [-0.3, -0.25) is 9.59 Å². The molecule has 0 aliphatic carbocycles. The summed E-state index contributed by atoms with van der Waals surface area (Å²) in [5, 5.41) is 0. The van der Waals surface area contributed by atoms with Crippen LogP contribution in [0.5, 0.6) is 0 Å². The van der Waals surface area contributed by atoms with Crippen LogP contribution in [0.25, 0.3) is 5.57 Å². The van der Waals surface area contributed by atoms with Gasteiger partial charge in [-0.25, -0.2) is 4.90 Å². The van der Waals surface area contributed by atoms with Crippen molar-refractivity contribution in [3.8, 4) is 0 Å². The van der Waals surface area contributed by atoms with Gasteiger partial charge in [-0.1, -0.05) is 36.9 Å². The Morgan fingerprint density at radius 2 is 1.40 bits per heavy atom. The van der Waals surface area contributed by atoms with E-state index in [0.29, 0.717) is 16.8 Å². The fourth-order valence-electron chi connectivity index (χ4n) is 2.44. The molecule has 0 unspecified atom stereocenters. The highest BCUT2D eigenvalue weighted by molar-refractivity contribution is 6.34. The Bertz CT molecular complexity index is 711. The van der Waals surface area contributed by atoms with Crippen molar-refractivity contribution in [2.24, 2.45) is 0 Å². The molecule has 1 heterocycles. The molecule has 0 spiro atoms. The van der Waals surface area contributed by atoms with E-state index in [9.17, 15) is 9.59 Å². The van der Waals surface area contributed by atoms with Gasteiger partial charge in [-0.15, -0.1) is 0 Å². The Balaban J connectivity index is 2.17. The van der Waals surface area contributed by atoms with Crippen molar-refractivity contribution in [1.29, 1.82) is 0 Å². The number of anilines is 1. The second-order valence-corrected chi connectivity index (χ2v) is 4.79. The molecule has 2 aromatic rings. The van der Waals surface area contributed by atoms with Crippen molar-refractivity contribution >= 4 is 23.1 Å². The molecule has 2 amide bonds. The van der Waals surface area contributed by atoms with E-state index in [4.69, 9.17) is 0 Å². The quantitative estimate of drug-likeness (QED) is 0.777. The summed E-state index contributed by atoms with van der Waals surface area (Å²) in [6, 6.07) is 14.2. The molecule has 98 valence electrons. The highest BCUT2D eigenvalue weighted by Crippen LogP contribution is 2.32. The molecular weight excluding hydrogens is 250 g/mol. The average molecular weight is 263 g/mol. The van der Waals surface area contributed by atoms with Gasteiger partial charge in [0.05, 0.1) is 16.8 Å². The minimum Gasteiger partial charge on any atom is -0.268 e. The van der Waals surface area contributed by atoms with Crippen molar-refractivity contribution in [1.82, 2.24) is 0 Å². The second-order valence-electron chi connectivity index (χ2n) is 4.79. The van der Waals surface area contributed by atoms with E-state index < -0.39 is 0 Å². The Morgan fingerprint density at radius 3 is 1.95 bits per heavy atom. The summed E-state index contributed by atoms with van der Waals surface area (Å²) in [6.45, 7) is 5.77. The van der Waals surface area contributed by atoms with Crippen LogP contribution in [0.3, 0.4) is 0 Å². The monoisotopic (exact) mass is 263 g/mol. The van der Waals surface area contributed by atoms with E-state index in [-0.39, 0.29) is 11.8 Å². The van der Waals surface area contributed by atoms with Crippen LogP contribution in [0.4, 0.5) is 5.69 Å². The van der Waals surface area contributed by atoms with Crippen molar-refractivity contribution in [3.05, 3.63) is 71.8 Å². The minimum atomic E-state index is -0.278. The molecule has 1 aliphatic rings. The summed E-state index contributed by atoms with van der Waals surface area (Å²) in [5.74, 6) is -0.557. The van der Waals surface area contributed by atoms with Gasteiger partial charge in [0.1, 0.15) is 0 Å². The average Bonchev–Trinajstić information content (AvgIpc) is 2.71. The normalized spacial score (nSPS) is 13.6. The number of nitrogens with zero attached hydrogens (tertiary/aromatic N) is 1. The summed E-state index contributed by atoms with van der Waals surface area (Å²) in [7, 11) is 0. The lowest BCUT2D eigenvalue weighted by Crippen LogP contribution is -2.30. The maximum atomic E-state index is 12.5. The fourth-order valence-corrected chi connectivity index (χ4v) is 2.44. The second kappa shape index (κ2) is 4.46. The van der Waals surface area contributed by atoms with Gasteiger partial charge in [0, 0.05) is 5.56 Å². The third-order valence-corrected chi connectivity index (χ3v) is 3.40. The fraction of sp³-hybridized carbons (Fsp3) is 0.0588. The summed E-state index contributed by atoms with van der Waals surface area (Å²) in [5.41, 5.74) is 3.12. The zero-order valence-electron chi connectivity index (χ0n) is 11.1. The third-order valence-electron chi connectivity index (χ3n) is 3.40. The van der Waals surface area contributed by atoms with Gasteiger partial charge >= 0.3 is 0 Å². The molecule has 0 saturated heterocycles. The first-order chi connectivity index (χ1) is 9.61. The highest BCUT2D eigenvalue weighted by Gasteiger charge is 2.37. The van der Waals surface area contributed by atoms with E-state index >= 15 is 0 Å². The van der Waals surface area contributed by atoms with Crippen LogP contribution < -0.4 is 4.90 Å². The van der Waals surface area contributed by atoms with Gasteiger partial charge in [0.2, 0.25) is 0 Å². The van der Waals surface area contributed by atoms with Crippen LogP contribution in [0.1, 0.15) is 33.2 Å². The van der Waals surface area contributed by atoms with Crippen LogP contribution in [-0.4, -0.2) is 11.8 Å². The predicted molar refractivity (Wildman–Crippen MR) is 78.7 cm³/mol. The molecule has 20 heavy (non-hydrogen) atoms. The first kappa shape index (κ1) is 12.4. The number of rotatable bonds is 2. The van der Waals surface area contributed by atoms with E-state index in [1.54, 1.807) is 30.3 Å². The van der Waals surface area contributed by atoms with Crippen molar-refractivity contribution in [3.63, 3.8) is 0 Å². The zero-order chi connectivity index (χ0) is 14.3. The topological polar surface area (TPSA) is 37.4 Å². The number of amides is 2. The number of benzene rings is 2. The Kier molecular flexibility index (Phi) is 2.75. The van der Waals surface area contributed by atoms with Gasteiger partial charge < -0.3 is 0 Å². The van der Waals surface area contributed by atoms with E-state index in [0.717, 1.165) is 11.1 Å². The van der Waals surface area contributed by atoms with Crippen molar-refractivity contribution in [2.45, 2.75) is 6.92 Å². The number of hydrogen-bond acceptors (Lipinski definition) is 2. The molecule has 3 nitrogen and oxygen atoms in total. The van der Waals surface area contributed by atoms with Crippen LogP contribution in [0.15, 0.2) is 55.1 Å². The molecule has 2 aromatic carbocycles. The van der Waals surface area contributed by atoms with Crippen molar-refractivity contribution in [2.75, 3.05) is 4.90 Å². The molecule has 0 N–H and O–H groups in total. The van der Waals surface area contributed by atoms with Gasteiger partial charge in [0.25, 0.3) is 11.8 Å². The van der Waals surface area contributed by atoms with Crippen LogP contribution >= 0.6 is 0 Å². The molecule has 0 aromatic heterocycles. The molecule has 0 saturated carbocycles. The molecule has 0 radical (unpaired) electrons. The minimum absolute atomic E-state index is 0.278. The number of carbonyl (C=O) groups is 2. The number of hydrogen-bond donors (Lipinski definition) is 0. The standard InChI is InChI=1S/C17H13NO2/c1-11(2)12-7-5-6-10-15(12)18-16(19)13-8-3-4-9-14(13)17(18)20/h3-10H,1H2,2H3. The maximum absolute atomic E-state index is 12.5. The first-order valence-electron chi connectivity index (χ1n) is 6.34. The Labute approximate surface area is 117 Å². The number of allylic oxidation sites excluding steroid dienone is 1. The first-order valence-corrected chi connectivity index (χ1v) is 6.34. The van der Waals surface area contributed by atoms with Gasteiger partial charge in [0.15, 0.2) is 0 Å². The smallest absolute Gasteiger partial charge is 0.266 e. The summed E-state index contributed by atoms with van der Waals surface area (Å²) in [4.78, 5) is 26.1. The lowest BCUT2D eigenvalue weighted by atomic mass is 10.1. The SMILES string of the molecule is C=C(C)c1ccccc1N1C(=O)c2ccccc2C1=O. The number of carbonyl (C=O) groups excluding carboxylic acids is 2. The van der Waals surface area contributed by atoms with Gasteiger partial charge in [-0.05, 0) is 30.7 Å². The van der Waals surface area contributed by atoms with Crippen LogP contribution in [0, 0.1) is 0 Å². The Morgan fingerprint density at radius 1 is 0.900 bits per heavy atom. The molecule has 3 rings (SSSR count). The lowest BCUT2D eigenvalue weighted by molar-refractivity contribution is 0.0926. The van der Waals surface area contributed by atoms with E-state index in [1.165, 1.54) is 4.90 Å². The summed E-state index contributed by atoms with van der Waals surface area (Å²) >= 11 is 0. The van der Waals surface area contributed by atoms with Crippen LogP contribution in [0.2, 0.25) is 0 Å². The molecular formula is C17H13NO2. The number of para-hydroxylation sites is 1. The lowest BCUT2D eigenvalue weighted by Gasteiger charge is -2.18. The highest BCUT2D eigenvalue weighted by atomic mass is 16.2. The van der Waals surface area contributed by atoms with Gasteiger partial charge in [-0.2, -0.15) is 0 Å². The molecule has 1 aliphatic heterocycles. The van der Waals surface area contributed by atoms with E-state index in [1.807, 2.05) is 25.1 Å². The molecule has 0 fully saturated rings. The Hall–Kier alpha value is -2.68. The zero-order valence-corrected chi connectivity index (χ0v) is 11.1. The number of imide groups is 1. The van der Waals surface area contributed by atoms with E-state index in [2.05, 4.69) is 6.58 Å². The predicted octanol–water partition coefficient (Wildman–Crippen LogP) is 3.52. The molecule has 3 heteroatoms. The largest absolute Gasteiger partial charge is 0.268 e. The summed E-state index contributed by atoms with van der Waals surface area (Å²) in [6.07, 6.45) is 0. The van der Waals surface area contributed by atoms with Crippen LogP contribution in [-0.2, 0) is 0 Å². The molecule has 0 atom stereocenters. The van der Waals surface area contributed by atoms with Crippen molar-refractivity contribution < 1.29 is 9.59 Å². The third kappa shape index (κ3) is 1.67. The maximum Gasteiger partial charge on any atom is 0.266 e.